The number of carbonyl (C=O) groups excluding carboxylic acids is 2. The van der Waals surface area contributed by atoms with Crippen molar-refractivity contribution in [3.63, 3.8) is 0 Å². The number of nitrogens with zero attached hydrogens (tertiary/aromatic N) is 1. The molecule has 7 nitrogen and oxygen atoms in total. The van der Waals surface area contributed by atoms with Crippen molar-refractivity contribution in [3.05, 3.63) is 72.4 Å². The van der Waals surface area contributed by atoms with E-state index < -0.39 is 12.0 Å². The maximum Gasteiger partial charge on any atom is 0.319 e. The summed E-state index contributed by atoms with van der Waals surface area (Å²) in [4.78, 5) is 27.3. The van der Waals surface area contributed by atoms with Gasteiger partial charge in [-0.05, 0) is 29.8 Å². The van der Waals surface area contributed by atoms with Crippen LogP contribution in [0.4, 0.5) is 16.2 Å². The van der Waals surface area contributed by atoms with Gasteiger partial charge in [-0.15, -0.1) is 0 Å². The molecule has 2 saturated heterocycles. The predicted molar refractivity (Wildman–Crippen MR) is 112 cm³/mol. The quantitative estimate of drug-likeness (QED) is 0.747. The number of hydrogen-bond acceptors (Lipinski definition) is 4. The first-order valence-electron chi connectivity index (χ1n) is 9.67. The number of anilines is 2. The highest BCUT2D eigenvalue weighted by molar-refractivity contribution is 5.97. The molecule has 29 heavy (non-hydrogen) atoms. The van der Waals surface area contributed by atoms with E-state index in [9.17, 15) is 9.59 Å². The van der Waals surface area contributed by atoms with Gasteiger partial charge in [0, 0.05) is 30.2 Å². The Morgan fingerprint density at radius 3 is 2.45 bits per heavy atom. The maximum atomic E-state index is 13.0. The maximum absolute atomic E-state index is 13.0. The highest BCUT2D eigenvalue weighted by atomic mass is 16.5. The molecule has 2 aromatic carbocycles. The normalized spacial score (nSPS) is 21.9. The Labute approximate surface area is 169 Å². The van der Waals surface area contributed by atoms with Crippen molar-refractivity contribution >= 4 is 23.3 Å². The fourth-order valence-electron chi connectivity index (χ4n) is 3.73. The molecule has 2 heterocycles. The number of nitrogens with one attached hydrogen (secondary N) is 3. The molecule has 3 amide bonds. The first-order valence-corrected chi connectivity index (χ1v) is 9.67. The number of benzene rings is 2. The summed E-state index contributed by atoms with van der Waals surface area (Å²) < 4.78 is 5.40. The number of hydrogen-bond donors (Lipinski definition) is 3. The van der Waals surface area contributed by atoms with Gasteiger partial charge < -0.3 is 25.6 Å². The summed E-state index contributed by atoms with van der Waals surface area (Å²) in [5.41, 5.74) is 3.03. The zero-order chi connectivity index (χ0) is 20.2. The van der Waals surface area contributed by atoms with Crippen molar-refractivity contribution in [2.24, 2.45) is 5.92 Å². The van der Waals surface area contributed by atoms with Gasteiger partial charge in [0.05, 0.1) is 19.3 Å². The van der Waals surface area contributed by atoms with Crippen LogP contribution in [0.15, 0.2) is 66.9 Å². The Bertz CT molecular complexity index is 892. The summed E-state index contributed by atoms with van der Waals surface area (Å²) >= 11 is 0. The fourth-order valence-corrected chi connectivity index (χ4v) is 3.73. The second-order valence-electron chi connectivity index (χ2n) is 7.13. The molecule has 2 aliphatic heterocycles. The van der Waals surface area contributed by atoms with Crippen LogP contribution in [0.3, 0.4) is 0 Å². The van der Waals surface area contributed by atoms with Gasteiger partial charge in [0.2, 0.25) is 5.91 Å². The van der Waals surface area contributed by atoms with E-state index >= 15 is 0 Å². The van der Waals surface area contributed by atoms with Gasteiger partial charge in [0.1, 0.15) is 5.92 Å². The lowest BCUT2D eigenvalue weighted by molar-refractivity contribution is -0.119. The van der Waals surface area contributed by atoms with Crippen LogP contribution in [-0.2, 0) is 9.53 Å². The average Bonchev–Trinajstić information content (AvgIpc) is 2.74. The van der Waals surface area contributed by atoms with Crippen molar-refractivity contribution in [3.8, 4) is 0 Å². The molecule has 2 aromatic rings. The first kappa shape index (κ1) is 19.0. The summed E-state index contributed by atoms with van der Waals surface area (Å²) in [7, 11) is 0. The minimum absolute atomic E-state index is 0.226. The molecule has 4 rings (SSSR count). The van der Waals surface area contributed by atoms with Crippen LogP contribution < -0.4 is 20.9 Å². The van der Waals surface area contributed by atoms with Crippen LogP contribution in [0.2, 0.25) is 0 Å². The molecule has 0 aromatic heterocycles. The molecule has 2 atom stereocenters. The highest BCUT2D eigenvalue weighted by Crippen LogP contribution is 2.31. The molecule has 0 aliphatic carbocycles. The van der Waals surface area contributed by atoms with Crippen molar-refractivity contribution in [1.29, 1.82) is 0 Å². The summed E-state index contributed by atoms with van der Waals surface area (Å²) in [5, 5.41) is 8.41. The van der Waals surface area contributed by atoms with Crippen molar-refractivity contribution in [2.75, 3.05) is 36.5 Å². The fraction of sp³-hybridized carbons (Fsp3) is 0.273. The summed E-state index contributed by atoms with van der Waals surface area (Å²) in [5.74, 6) is -0.863. The van der Waals surface area contributed by atoms with Gasteiger partial charge in [0.15, 0.2) is 0 Å². The Kier molecular flexibility index (Phi) is 5.48. The lowest BCUT2D eigenvalue weighted by atomic mass is 9.88. The van der Waals surface area contributed by atoms with Gasteiger partial charge in [-0.2, -0.15) is 0 Å². The van der Waals surface area contributed by atoms with Crippen LogP contribution in [0.1, 0.15) is 11.6 Å². The van der Waals surface area contributed by atoms with Gasteiger partial charge >= 0.3 is 6.03 Å². The monoisotopic (exact) mass is 392 g/mol. The van der Waals surface area contributed by atoms with Crippen molar-refractivity contribution < 1.29 is 14.3 Å². The van der Waals surface area contributed by atoms with Crippen LogP contribution in [-0.4, -0.2) is 38.2 Å². The third kappa shape index (κ3) is 4.25. The van der Waals surface area contributed by atoms with E-state index in [-0.39, 0.29) is 11.9 Å². The van der Waals surface area contributed by atoms with Gasteiger partial charge in [0.25, 0.3) is 0 Å². The molecule has 3 N–H and O–H groups in total. The van der Waals surface area contributed by atoms with Gasteiger partial charge in [-0.25, -0.2) is 4.79 Å². The lowest BCUT2D eigenvalue weighted by Crippen LogP contribution is -2.51. The smallest absolute Gasteiger partial charge is 0.319 e. The molecule has 2 fully saturated rings. The number of morpholine rings is 1. The number of ether oxygens (including phenoxy) is 1. The molecular formula is C22H24N4O3. The first-order chi connectivity index (χ1) is 14.1. The standard InChI is InChI=1S/C22H24N4O3/c1-15-19(21(27)24-17-5-3-2-4-6-17)20(25-22(28)23-15)16-7-9-18(10-8-16)26-11-13-29-14-12-26/h2-10,19-20H,1,11-14H2,(H,24,27)(H2,23,25,28)/t19-,20-/m0/s1. The van der Waals surface area contributed by atoms with Gasteiger partial charge in [-0.3, -0.25) is 4.79 Å². The predicted octanol–water partition coefficient (Wildman–Crippen LogP) is 2.65. The summed E-state index contributed by atoms with van der Waals surface area (Å²) in [6.45, 7) is 7.05. The molecule has 7 heteroatoms. The van der Waals surface area contributed by atoms with Crippen LogP contribution in [0.25, 0.3) is 0 Å². The Hall–Kier alpha value is -3.32. The molecule has 0 saturated carbocycles. The van der Waals surface area contributed by atoms with E-state index in [1.807, 2.05) is 54.6 Å². The van der Waals surface area contributed by atoms with Crippen molar-refractivity contribution in [2.45, 2.75) is 6.04 Å². The minimum atomic E-state index is -0.637. The molecule has 2 aliphatic rings. The average molecular weight is 392 g/mol. The van der Waals surface area contributed by atoms with Gasteiger partial charge in [-0.1, -0.05) is 36.9 Å². The SMILES string of the molecule is C=C1NC(=O)N[C@@H](c2ccc(N3CCOCC3)cc2)[C@H]1C(=O)Nc1ccccc1. The summed E-state index contributed by atoms with van der Waals surface area (Å²) in [6.07, 6.45) is 0. The zero-order valence-electron chi connectivity index (χ0n) is 16.1. The summed E-state index contributed by atoms with van der Waals surface area (Å²) in [6, 6.07) is 16.3. The van der Waals surface area contributed by atoms with E-state index in [2.05, 4.69) is 27.4 Å². The topological polar surface area (TPSA) is 82.7 Å². The second kappa shape index (κ2) is 8.36. The van der Waals surface area contributed by atoms with E-state index in [0.717, 1.165) is 24.3 Å². The molecule has 0 bridgehead atoms. The number of para-hydroxylation sites is 1. The minimum Gasteiger partial charge on any atom is -0.378 e. The molecule has 0 spiro atoms. The van der Waals surface area contributed by atoms with E-state index in [1.54, 1.807) is 0 Å². The zero-order valence-corrected chi connectivity index (χ0v) is 16.1. The molecule has 150 valence electrons. The molecule has 0 unspecified atom stereocenters. The Balaban J connectivity index is 1.56. The number of amides is 3. The largest absolute Gasteiger partial charge is 0.378 e. The lowest BCUT2D eigenvalue weighted by Gasteiger charge is -2.34. The molecular weight excluding hydrogens is 368 g/mol. The third-order valence-corrected chi connectivity index (χ3v) is 5.22. The Morgan fingerprint density at radius 1 is 1.07 bits per heavy atom. The van der Waals surface area contributed by atoms with E-state index in [1.165, 1.54) is 0 Å². The third-order valence-electron chi connectivity index (χ3n) is 5.22. The van der Waals surface area contributed by atoms with Crippen LogP contribution in [0, 0.1) is 5.92 Å². The van der Waals surface area contributed by atoms with Crippen LogP contribution >= 0.6 is 0 Å². The van der Waals surface area contributed by atoms with E-state index in [4.69, 9.17) is 4.74 Å². The van der Waals surface area contributed by atoms with Crippen LogP contribution in [0.5, 0.6) is 0 Å². The number of rotatable bonds is 4. The van der Waals surface area contributed by atoms with Crippen molar-refractivity contribution in [1.82, 2.24) is 10.6 Å². The van der Waals surface area contributed by atoms with E-state index in [0.29, 0.717) is 24.6 Å². The number of urea groups is 1. The molecule has 0 radical (unpaired) electrons. The highest BCUT2D eigenvalue weighted by Gasteiger charge is 2.37. The number of carbonyl (C=O) groups is 2. The second-order valence-corrected chi connectivity index (χ2v) is 7.13. The Morgan fingerprint density at radius 2 is 1.76 bits per heavy atom.